The largest absolute Gasteiger partial charge is 0.493 e. The van der Waals surface area contributed by atoms with Gasteiger partial charge >= 0.3 is 0 Å². The lowest BCUT2D eigenvalue weighted by atomic mass is 9.84. The van der Waals surface area contributed by atoms with Crippen LogP contribution < -0.4 is 9.64 Å². The first kappa shape index (κ1) is 24.2. The first-order valence-corrected chi connectivity index (χ1v) is 12.4. The normalized spacial score (nSPS) is 19.0. The molecule has 2 aliphatic rings. The van der Waals surface area contributed by atoms with Gasteiger partial charge < -0.3 is 9.64 Å². The number of hydrogen-bond acceptors (Lipinski definition) is 6. The molecule has 1 atom stereocenters. The third kappa shape index (κ3) is 5.95. The van der Waals surface area contributed by atoms with Crippen LogP contribution in [-0.4, -0.2) is 54.8 Å². The van der Waals surface area contributed by atoms with Crippen molar-refractivity contribution < 1.29 is 14.4 Å². The summed E-state index contributed by atoms with van der Waals surface area (Å²) < 4.78 is 6.12. The molecule has 2 aromatic rings. The molecule has 1 aliphatic carbocycles. The predicted octanol–water partition coefficient (Wildman–Crippen LogP) is 4.55. The smallest absolute Gasteiger partial charge is 0.272 e. The van der Waals surface area contributed by atoms with Crippen molar-refractivity contribution in [3.05, 3.63) is 59.4 Å². The molecule has 4 rings (SSSR count). The number of amides is 1. The first-order chi connectivity index (χ1) is 16.6. The number of likely N-dealkylation sites (N-methyl/N-ethyl adjacent to an activating group) is 1. The van der Waals surface area contributed by atoms with Gasteiger partial charge in [-0.25, -0.2) is 15.0 Å². The number of anilines is 1. The summed E-state index contributed by atoms with van der Waals surface area (Å²) in [5.74, 6) is 2.71. The number of aromatic nitrogens is 2. The van der Waals surface area contributed by atoms with Crippen LogP contribution in [0.2, 0.25) is 0 Å². The van der Waals surface area contributed by atoms with Gasteiger partial charge in [0, 0.05) is 38.1 Å². The third-order valence-corrected chi connectivity index (χ3v) is 7.08. The zero-order chi connectivity index (χ0) is 23.9. The molecule has 182 valence electrons. The SMILES string of the molecule is CCc1cnc(N2CCC(COc3ccc(C4CC=C(C(=O)N(C)OC)CC4)cc3)CC2)nc1. The number of hydrogen-bond donors (Lipinski definition) is 0. The molecule has 1 aromatic heterocycles. The standard InChI is InChI=1S/C27H36N4O3/c1-4-20-17-28-27(29-18-20)31-15-13-21(14-16-31)19-34-25-11-9-23(10-12-25)22-5-7-24(8-6-22)26(32)30(2)33-3/h7,9-12,17-18,21-22H,4-6,8,13-16,19H2,1-3H3. The van der Waals surface area contributed by atoms with Crippen LogP contribution in [0, 0.1) is 5.92 Å². The lowest BCUT2D eigenvalue weighted by Crippen LogP contribution is -2.36. The van der Waals surface area contributed by atoms with Crippen LogP contribution in [0.15, 0.2) is 48.3 Å². The molecule has 0 N–H and O–H groups in total. The van der Waals surface area contributed by atoms with Crippen molar-refractivity contribution >= 4 is 11.9 Å². The number of nitrogens with zero attached hydrogens (tertiary/aromatic N) is 4. The van der Waals surface area contributed by atoms with Crippen LogP contribution in [0.25, 0.3) is 0 Å². The molecular weight excluding hydrogens is 428 g/mol. The Morgan fingerprint density at radius 1 is 1.12 bits per heavy atom. The fraction of sp³-hybridized carbons (Fsp3) is 0.519. The molecule has 1 fully saturated rings. The van der Waals surface area contributed by atoms with Crippen LogP contribution in [0.3, 0.4) is 0 Å². The van der Waals surface area contributed by atoms with E-state index in [2.05, 4.69) is 52.1 Å². The van der Waals surface area contributed by atoms with E-state index in [1.54, 1.807) is 7.05 Å². The molecular formula is C27H36N4O3. The summed E-state index contributed by atoms with van der Waals surface area (Å²) in [5.41, 5.74) is 3.32. The molecule has 0 spiro atoms. The highest BCUT2D eigenvalue weighted by atomic mass is 16.7. The Hall–Kier alpha value is -2.93. The molecule has 1 unspecified atom stereocenters. The number of hydroxylamine groups is 2. The van der Waals surface area contributed by atoms with E-state index in [-0.39, 0.29) is 5.91 Å². The predicted molar refractivity (Wildman–Crippen MR) is 133 cm³/mol. The molecule has 1 saturated heterocycles. The van der Waals surface area contributed by atoms with Crippen molar-refractivity contribution in [1.29, 1.82) is 0 Å². The van der Waals surface area contributed by atoms with Crippen molar-refractivity contribution in [2.75, 3.05) is 38.8 Å². The van der Waals surface area contributed by atoms with E-state index in [9.17, 15) is 4.79 Å². The minimum absolute atomic E-state index is 0.0440. The average molecular weight is 465 g/mol. The minimum Gasteiger partial charge on any atom is -0.493 e. The molecule has 0 bridgehead atoms. The van der Waals surface area contributed by atoms with Crippen LogP contribution >= 0.6 is 0 Å². The Labute approximate surface area is 202 Å². The molecule has 1 amide bonds. The quantitative estimate of drug-likeness (QED) is 0.534. The first-order valence-electron chi connectivity index (χ1n) is 12.4. The van der Waals surface area contributed by atoms with E-state index in [4.69, 9.17) is 9.57 Å². The highest BCUT2D eigenvalue weighted by molar-refractivity contribution is 5.92. The summed E-state index contributed by atoms with van der Waals surface area (Å²) in [6.45, 7) is 4.80. The van der Waals surface area contributed by atoms with Gasteiger partial charge in [0.2, 0.25) is 5.95 Å². The number of aryl methyl sites for hydroxylation is 1. The van der Waals surface area contributed by atoms with Crippen LogP contribution in [-0.2, 0) is 16.1 Å². The number of carbonyl (C=O) groups excluding carboxylic acids is 1. The number of rotatable bonds is 8. The van der Waals surface area contributed by atoms with E-state index in [1.165, 1.54) is 23.3 Å². The van der Waals surface area contributed by atoms with Gasteiger partial charge in [0.15, 0.2) is 0 Å². The zero-order valence-electron chi connectivity index (χ0n) is 20.6. The molecule has 34 heavy (non-hydrogen) atoms. The lowest BCUT2D eigenvalue weighted by molar-refractivity contribution is -0.164. The van der Waals surface area contributed by atoms with Gasteiger partial charge in [-0.3, -0.25) is 9.63 Å². The second-order valence-corrected chi connectivity index (χ2v) is 9.24. The molecule has 0 radical (unpaired) electrons. The molecule has 0 saturated carbocycles. The fourth-order valence-corrected chi connectivity index (χ4v) is 4.66. The molecule has 1 aliphatic heterocycles. The number of ether oxygens (including phenoxy) is 1. The van der Waals surface area contributed by atoms with Gasteiger partial charge in [-0.15, -0.1) is 0 Å². The van der Waals surface area contributed by atoms with Gasteiger partial charge in [0.05, 0.1) is 13.7 Å². The van der Waals surface area contributed by atoms with Crippen molar-refractivity contribution in [1.82, 2.24) is 15.0 Å². The van der Waals surface area contributed by atoms with Crippen molar-refractivity contribution in [2.24, 2.45) is 5.92 Å². The molecule has 2 heterocycles. The third-order valence-electron chi connectivity index (χ3n) is 7.08. The van der Waals surface area contributed by atoms with Gasteiger partial charge in [0.1, 0.15) is 5.75 Å². The molecule has 1 aromatic carbocycles. The highest BCUT2D eigenvalue weighted by Gasteiger charge is 2.23. The summed E-state index contributed by atoms with van der Waals surface area (Å²) in [6, 6.07) is 8.50. The summed E-state index contributed by atoms with van der Waals surface area (Å²) in [7, 11) is 3.16. The van der Waals surface area contributed by atoms with E-state index in [0.29, 0.717) is 11.8 Å². The van der Waals surface area contributed by atoms with Gasteiger partial charge in [-0.05, 0) is 73.6 Å². The van der Waals surface area contributed by atoms with E-state index < -0.39 is 0 Å². The fourth-order valence-electron chi connectivity index (χ4n) is 4.66. The maximum absolute atomic E-state index is 12.2. The summed E-state index contributed by atoms with van der Waals surface area (Å²) >= 11 is 0. The van der Waals surface area contributed by atoms with Crippen molar-refractivity contribution in [3.8, 4) is 5.75 Å². The number of carbonyl (C=O) groups is 1. The van der Waals surface area contributed by atoms with E-state index in [0.717, 1.165) is 75.5 Å². The zero-order valence-corrected chi connectivity index (χ0v) is 20.6. The number of piperidine rings is 1. The number of allylic oxidation sites excluding steroid dienone is 1. The van der Waals surface area contributed by atoms with Crippen LogP contribution in [0.4, 0.5) is 5.95 Å². The summed E-state index contributed by atoms with van der Waals surface area (Å²) in [6.07, 6.45) is 11.7. The maximum atomic E-state index is 12.2. The summed E-state index contributed by atoms with van der Waals surface area (Å²) in [4.78, 5) is 28.6. The highest BCUT2D eigenvalue weighted by Crippen LogP contribution is 2.33. The van der Waals surface area contributed by atoms with Gasteiger partial charge in [-0.1, -0.05) is 25.1 Å². The monoisotopic (exact) mass is 464 g/mol. The Balaban J connectivity index is 1.22. The van der Waals surface area contributed by atoms with E-state index >= 15 is 0 Å². The topological polar surface area (TPSA) is 67.8 Å². The Morgan fingerprint density at radius 3 is 2.41 bits per heavy atom. The van der Waals surface area contributed by atoms with Crippen LogP contribution in [0.5, 0.6) is 5.75 Å². The van der Waals surface area contributed by atoms with Crippen molar-refractivity contribution in [3.63, 3.8) is 0 Å². The lowest BCUT2D eigenvalue weighted by Gasteiger charge is -2.31. The van der Waals surface area contributed by atoms with E-state index in [1.807, 2.05) is 12.4 Å². The minimum atomic E-state index is -0.0440. The van der Waals surface area contributed by atoms with Gasteiger partial charge in [0.25, 0.3) is 5.91 Å². The Bertz CT molecular complexity index is 966. The average Bonchev–Trinajstić information content (AvgIpc) is 2.92. The Morgan fingerprint density at radius 2 is 1.82 bits per heavy atom. The molecule has 7 nitrogen and oxygen atoms in total. The second kappa shape index (κ2) is 11.5. The van der Waals surface area contributed by atoms with Gasteiger partial charge in [-0.2, -0.15) is 0 Å². The second-order valence-electron chi connectivity index (χ2n) is 9.24. The maximum Gasteiger partial charge on any atom is 0.272 e. The number of benzene rings is 1. The van der Waals surface area contributed by atoms with Crippen molar-refractivity contribution in [2.45, 2.75) is 51.4 Å². The molecule has 7 heteroatoms. The summed E-state index contributed by atoms with van der Waals surface area (Å²) in [5, 5.41) is 1.29. The van der Waals surface area contributed by atoms with Crippen LogP contribution in [0.1, 0.15) is 56.1 Å². The Kier molecular flexibility index (Phi) is 8.16.